The molecule has 0 aliphatic rings. The molecule has 0 spiro atoms. The topological polar surface area (TPSA) is 77.8 Å². The number of hydrogen-bond acceptors (Lipinski definition) is 6. The Morgan fingerprint density at radius 2 is 1.92 bits per heavy atom. The summed E-state index contributed by atoms with van der Waals surface area (Å²) in [6, 6.07) is 2.68. The summed E-state index contributed by atoms with van der Waals surface area (Å²) in [5.41, 5.74) is 4.90. The third kappa shape index (κ3) is 3.78. The van der Waals surface area contributed by atoms with Crippen molar-refractivity contribution in [3.05, 3.63) is 40.0 Å². The zero-order chi connectivity index (χ0) is 18.4. The van der Waals surface area contributed by atoms with E-state index in [2.05, 4.69) is 15.0 Å². The van der Waals surface area contributed by atoms with Crippen LogP contribution in [0.1, 0.15) is 23.4 Å². The van der Waals surface area contributed by atoms with Crippen molar-refractivity contribution in [1.82, 2.24) is 15.0 Å². The maximum Gasteiger partial charge on any atom is 0.420 e. The number of nitrogen functional groups attached to an aromatic ring is 1. The first-order valence-corrected chi connectivity index (χ1v) is 8.40. The SMILES string of the molecule is CC(Sc1nc(N)cc(Cl)n1)c1cc2c(C(F)(F)F)coc2c(Cl)n1. The molecule has 0 saturated heterocycles. The third-order valence-corrected chi connectivity index (χ3v) is 4.67. The van der Waals surface area contributed by atoms with Gasteiger partial charge in [-0.2, -0.15) is 13.2 Å². The maximum absolute atomic E-state index is 13.1. The van der Waals surface area contributed by atoms with Gasteiger partial charge >= 0.3 is 6.18 Å². The summed E-state index contributed by atoms with van der Waals surface area (Å²) in [7, 11) is 0. The van der Waals surface area contributed by atoms with Gasteiger partial charge in [-0.25, -0.2) is 15.0 Å². The second-order valence-corrected chi connectivity index (χ2v) is 7.07. The molecule has 132 valence electrons. The molecule has 0 aliphatic carbocycles. The summed E-state index contributed by atoms with van der Waals surface area (Å²) in [5.74, 6) is 0.185. The Labute approximate surface area is 153 Å². The van der Waals surface area contributed by atoms with Gasteiger partial charge in [-0.15, -0.1) is 0 Å². The lowest BCUT2D eigenvalue weighted by molar-refractivity contribution is -0.136. The lowest BCUT2D eigenvalue weighted by atomic mass is 10.1. The van der Waals surface area contributed by atoms with Crippen LogP contribution in [0.3, 0.4) is 0 Å². The third-order valence-electron chi connectivity index (χ3n) is 3.23. The largest absolute Gasteiger partial charge is 0.460 e. The first-order chi connectivity index (χ1) is 11.6. The van der Waals surface area contributed by atoms with E-state index in [-0.39, 0.29) is 32.2 Å². The molecular formula is C14H9Cl2F3N4OS. The summed E-state index contributed by atoms with van der Waals surface area (Å²) in [6.45, 7) is 1.73. The summed E-state index contributed by atoms with van der Waals surface area (Å²) >= 11 is 12.9. The molecule has 5 nitrogen and oxygen atoms in total. The number of aromatic nitrogens is 3. The summed E-state index contributed by atoms with van der Waals surface area (Å²) in [5, 5.41) is -0.268. The molecule has 25 heavy (non-hydrogen) atoms. The molecule has 1 unspecified atom stereocenters. The number of pyridine rings is 1. The van der Waals surface area contributed by atoms with E-state index >= 15 is 0 Å². The number of nitrogens with two attached hydrogens (primary N) is 1. The van der Waals surface area contributed by atoms with Gasteiger partial charge in [0.1, 0.15) is 22.8 Å². The molecule has 0 bridgehead atoms. The number of furan rings is 1. The summed E-state index contributed by atoms with van der Waals surface area (Å²) < 4.78 is 44.1. The quantitative estimate of drug-likeness (QED) is 0.271. The second-order valence-electron chi connectivity index (χ2n) is 5.02. The molecule has 11 heteroatoms. The number of hydrogen-bond donors (Lipinski definition) is 1. The van der Waals surface area contributed by atoms with Gasteiger partial charge < -0.3 is 10.2 Å². The highest BCUT2D eigenvalue weighted by molar-refractivity contribution is 7.99. The fraction of sp³-hybridized carbons (Fsp3) is 0.214. The number of fused-ring (bicyclic) bond motifs is 1. The van der Waals surface area contributed by atoms with Gasteiger partial charge in [0.2, 0.25) is 0 Å². The highest BCUT2D eigenvalue weighted by Crippen LogP contribution is 2.41. The van der Waals surface area contributed by atoms with Gasteiger partial charge in [0.25, 0.3) is 0 Å². The van der Waals surface area contributed by atoms with Crippen LogP contribution in [-0.2, 0) is 6.18 Å². The Hall–Kier alpha value is -1.71. The first kappa shape index (κ1) is 18.1. The molecule has 0 amide bonds. The fourth-order valence-corrected chi connectivity index (χ4v) is 3.48. The maximum atomic E-state index is 13.1. The number of halogens is 5. The van der Waals surface area contributed by atoms with Gasteiger partial charge in [-0.1, -0.05) is 35.0 Å². The van der Waals surface area contributed by atoms with Crippen LogP contribution < -0.4 is 5.73 Å². The van der Waals surface area contributed by atoms with Gasteiger partial charge in [-0.3, -0.25) is 0 Å². The molecule has 0 fully saturated rings. The molecule has 3 aromatic heterocycles. The van der Waals surface area contributed by atoms with Crippen molar-refractivity contribution in [3.63, 3.8) is 0 Å². The van der Waals surface area contributed by atoms with Gasteiger partial charge in [0.05, 0.1) is 10.9 Å². The van der Waals surface area contributed by atoms with Crippen LogP contribution in [0, 0.1) is 0 Å². The minimum atomic E-state index is -4.56. The summed E-state index contributed by atoms with van der Waals surface area (Å²) in [4.78, 5) is 12.1. The number of alkyl halides is 3. The Morgan fingerprint density at radius 1 is 1.20 bits per heavy atom. The molecule has 0 aromatic carbocycles. The molecule has 2 N–H and O–H groups in total. The smallest absolute Gasteiger partial charge is 0.420 e. The molecule has 0 saturated carbocycles. The van der Waals surface area contributed by atoms with Crippen molar-refractivity contribution >= 4 is 51.8 Å². The average Bonchev–Trinajstić information content (AvgIpc) is 2.90. The standard InChI is InChI=1S/C14H9Cl2F3N4OS/c1-5(25-13-22-9(15)3-10(20)23-13)8-2-6-7(14(17,18)19)4-24-11(6)12(16)21-8/h2-5H,1H3,(H2,20,22,23). The zero-order valence-corrected chi connectivity index (χ0v) is 14.8. The van der Waals surface area contributed by atoms with E-state index in [0.29, 0.717) is 12.0 Å². The highest BCUT2D eigenvalue weighted by Gasteiger charge is 2.35. The zero-order valence-electron chi connectivity index (χ0n) is 12.4. The molecule has 0 radical (unpaired) electrons. The predicted octanol–water partition coefficient (Wildman–Crippen LogP) is 5.38. The first-order valence-electron chi connectivity index (χ1n) is 6.76. The van der Waals surface area contributed by atoms with Crippen molar-refractivity contribution in [2.24, 2.45) is 0 Å². The lowest BCUT2D eigenvalue weighted by Crippen LogP contribution is -2.04. The van der Waals surface area contributed by atoms with E-state index in [0.717, 1.165) is 11.8 Å². The van der Waals surface area contributed by atoms with Crippen molar-refractivity contribution in [1.29, 1.82) is 0 Å². The van der Waals surface area contributed by atoms with E-state index in [1.54, 1.807) is 6.92 Å². The number of rotatable bonds is 3. The van der Waals surface area contributed by atoms with Crippen LogP contribution >= 0.6 is 35.0 Å². The molecule has 3 heterocycles. The van der Waals surface area contributed by atoms with Crippen molar-refractivity contribution in [2.75, 3.05) is 5.73 Å². The minimum absolute atomic E-state index is 0.113. The molecule has 0 aliphatic heterocycles. The van der Waals surface area contributed by atoms with Gasteiger partial charge in [0, 0.05) is 11.5 Å². The lowest BCUT2D eigenvalue weighted by Gasteiger charge is -2.11. The Kier molecular flexibility index (Phi) is 4.74. The van der Waals surface area contributed by atoms with Gasteiger partial charge in [0.15, 0.2) is 15.9 Å². The van der Waals surface area contributed by atoms with Crippen LogP contribution in [0.25, 0.3) is 11.0 Å². The molecule has 3 rings (SSSR count). The normalized spacial score (nSPS) is 13.4. The van der Waals surface area contributed by atoms with E-state index < -0.39 is 17.0 Å². The van der Waals surface area contributed by atoms with E-state index in [9.17, 15) is 13.2 Å². The second kappa shape index (κ2) is 6.54. The van der Waals surface area contributed by atoms with Crippen LogP contribution in [0.15, 0.2) is 28.0 Å². The Morgan fingerprint density at radius 3 is 2.56 bits per heavy atom. The van der Waals surface area contributed by atoms with Crippen LogP contribution in [0.2, 0.25) is 10.3 Å². The number of anilines is 1. The van der Waals surface area contributed by atoms with Crippen molar-refractivity contribution in [2.45, 2.75) is 23.5 Å². The molecular weight excluding hydrogens is 400 g/mol. The Bertz CT molecular complexity index is 927. The number of thioether (sulfide) groups is 1. The molecule has 1 atom stereocenters. The molecule has 3 aromatic rings. The van der Waals surface area contributed by atoms with Crippen molar-refractivity contribution < 1.29 is 17.6 Å². The monoisotopic (exact) mass is 408 g/mol. The van der Waals surface area contributed by atoms with Crippen molar-refractivity contribution in [3.8, 4) is 0 Å². The van der Waals surface area contributed by atoms with Crippen LogP contribution in [0.4, 0.5) is 19.0 Å². The van der Waals surface area contributed by atoms with E-state index in [1.165, 1.54) is 12.1 Å². The Balaban J connectivity index is 2.00. The van der Waals surface area contributed by atoms with Gasteiger partial charge in [-0.05, 0) is 13.0 Å². The van der Waals surface area contributed by atoms with E-state index in [4.69, 9.17) is 33.4 Å². The van der Waals surface area contributed by atoms with Crippen LogP contribution in [-0.4, -0.2) is 15.0 Å². The average molecular weight is 409 g/mol. The fourth-order valence-electron chi connectivity index (χ4n) is 2.13. The van der Waals surface area contributed by atoms with E-state index in [1.807, 2.05) is 0 Å². The predicted molar refractivity (Wildman–Crippen MR) is 89.7 cm³/mol. The van der Waals surface area contributed by atoms with Crippen LogP contribution in [0.5, 0.6) is 0 Å². The summed E-state index contributed by atoms with van der Waals surface area (Å²) in [6.07, 6.45) is -3.94. The number of nitrogens with zero attached hydrogens (tertiary/aromatic N) is 3. The minimum Gasteiger partial charge on any atom is -0.460 e. The highest BCUT2D eigenvalue weighted by atomic mass is 35.5.